The van der Waals surface area contributed by atoms with E-state index < -0.39 is 5.97 Å². The second kappa shape index (κ2) is 11.1. The summed E-state index contributed by atoms with van der Waals surface area (Å²) in [5.41, 5.74) is 7.53. The predicted octanol–water partition coefficient (Wildman–Crippen LogP) is 6.21. The Hall–Kier alpha value is -5.48. The van der Waals surface area contributed by atoms with Crippen molar-refractivity contribution in [2.75, 3.05) is 37.0 Å². The smallest absolute Gasteiger partial charge is 0.335 e. The van der Waals surface area contributed by atoms with Gasteiger partial charge in [-0.2, -0.15) is 0 Å². The Morgan fingerprint density at radius 2 is 1.79 bits per heavy atom. The lowest BCUT2D eigenvalue weighted by molar-refractivity contribution is 0.0695. The Kier molecular flexibility index (Phi) is 7.12. The third-order valence-corrected chi connectivity index (χ3v) is 7.55. The standard InChI is InChI=1S/C33H29N5O5/c1-18-14-21(12-13-23(18)32(40)41)31(39)35-22-10-7-9-20(15-22)28-24-17-27(42-3)30-25(29(24)37-33(34-2)36-28)16-19-8-5-6-11-26(19)38(30)43-4/h5-15,17H,16H2,1-4H3,(H,35,39)(H,40,41)(H,34,36,37). The zero-order chi connectivity index (χ0) is 30.2. The molecule has 10 heteroatoms. The molecule has 0 aliphatic carbocycles. The first-order chi connectivity index (χ1) is 20.8. The van der Waals surface area contributed by atoms with E-state index in [1.165, 1.54) is 12.1 Å². The summed E-state index contributed by atoms with van der Waals surface area (Å²) in [7, 11) is 5.02. The van der Waals surface area contributed by atoms with Crippen molar-refractivity contribution in [3.8, 4) is 17.0 Å². The van der Waals surface area contributed by atoms with Gasteiger partial charge in [0, 0.05) is 41.2 Å². The number of carboxylic acid groups (broad SMARTS) is 1. The number of methoxy groups -OCH3 is 1. The van der Waals surface area contributed by atoms with Gasteiger partial charge < -0.3 is 20.5 Å². The van der Waals surface area contributed by atoms with Crippen LogP contribution < -0.4 is 20.4 Å². The van der Waals surface area contributed by atoms with Crippen LogP contribution in [0.25, 0.3) is 22.2 Å². The van der Waals surface area contributed by atoms with Crippen molar-refractivity contribution in [3.05, 3.63) is 101 Å². The molecular formula is C33H29N5O5. The molecule has 0 saturated carbocycles. The van der Waals surface area contributed by atoms with Crippen LogP contribution in [0.2, 0.25) is 0 Å². The summed E-state index contributed by atoms with van der Waals surface area (Å²) in [5.74, 6) is -0.325. The Balaban J connectivity index is 1.45. The van der Waals surface area contributed by atoms with Crippen molar-refractivity contribution in [1.82, 2.24) is 9.97 Å². The van der Waals surface area contributed by atoms with Gasteiger partial charge in [-0.25, -0.2) is 19.8 Å². The summed E-state index contributed by atoms with van der Waals surface area (Å²) in [4.78, 5) is 40.0. The van der Waals surface area contributed by atoms with Gasteiger partial charge in [0.2, 0.25) is 5.95 Å². The Bertz CT molecular complexity index is 1920. The van der Waals surface area contributed by atoms with Crippen LogP contribution in [-0.4, -0.2) is 48.2 Å². The number of carbonyl (C=O) groups excluding carboxylic acids is 1. The Labute approximate surface area is 247 Å². The molecule has 1 amide bonds. The van der Waals surface area contributed by atoms with Gasteiger partial charge in [0.25, 0.3) is 5.91 Å². The number of nitrogens with zero attached hydrogens (tertiary/aromatic N) is 3. The maximum absolute atomic E-state index is 13.1. The monoisotopic (exact) mass is 575 g/mol. The number of amides is 1. The number of ether oxygens (including phenoxy) is 1. The third kappa shape index (κ3) is 4.87. The number of hydrogen-bond acceptors (Lipinski definition) is 8. The maximum atomic E-state index is 13.1. The van der Waals surface area contributed by atoms with Crippen LogP contribution in [0.1, 0.15) is 37.4 Å². The minimum absolute atomic E-state index is 0.157. The minimum atomic E-state index is -1.03. The molecule has 5 aromatic rings. The number of hydrogen-bond donors (Lipinski definition) is 3. The number of benzene rings is 4. The van der Waals surface area contributed by atoms with E-state index in [0.29, 0.717) is 40.6 Å². The first-order valence-corrected chi connectivity index (χ1v) is 13.6. The van der Waals surface area contributed by atoms with Crippen LogP contribution in [0.5, 0.6) is 5.75 Å². The lowest BCUT2D eigenvalue weighted by Gasteiger charge is -2.32. The molecule has 1 aromatic heterocycles. The van der Waals surface area contributed by atoms with Crippen molar-refractivity contribution in [3.63, 3.8) is 0 Å². The number of aromatic carboxylic acids is 1. The normalized spacial score (nSPS) is 12.0. The molecule has 0 spiro atoms. The van der Waals surface area contributed by atoms with Gasteiger partial charge in [-0.15, -0.1) is 0 Å². The van der Waals surface area contributed by atoms with Crippen LogP contribution in [0.4, 0.5) is 23.0 Å². The number of rotatable bonds is 7. The number of para-hydroxylation sites is 1. The van der Waals surface area contributed by atoms with Gasteiger partial charge in [-0.3, -0.25) is 9.63 Å². The maximum Gasteiger partial charge on any atom is 0.335 e. The largest absolute Gasteiger partial charge is 0.494 e. The topological polar surface area (TPSA) is 126 Å². The molecule has 3 N–H and O–H groups in total. The average molecular weight is 576 g/mol. The van der Waals surface area contributed by atoms with E-state index in [2.05, 4.69) is 16.7 Å². The molecule has 0 fully saturated rings. The summed E-state index contributed by atoms with van der Waals surface area (Å²) in [6.07, 6.45) is 0.620. The molecule has 0 saturated heterocycles. The van der Waals surface area contributed by atoms with Gasteiger partial charge in [-0.05, 0) is 60.5 Å². The zero-order valence-corrected chi connectivity index (χ0v) is 24.1. The molecular weight excluding hydrogens is 546 g/mol. The van der Waals surface area contributed by atoms with Crippen LogP contribution in [0.3, 0.4) is 0 Å². The quantitative estimate of drug-likeness (QED) is 0.208. The highest BCUT2D eigenvalue weighted by atomic mass is 16.7. The van der Waals surface area contributed by atoms with Crippen molar-refractivity contribution in [1.29, 1.82) is 0 Å². The molecule has 6 rings (SSSR count). The number of carboxylic acids is 1. The molecule has 216 valence electrons. The minimum Gasteiger partial charge on any atom is -0.494 e. The van der Waals surface area contributed by atoms with E-state index in [-0.39, 0.29) is 11.5 Å². The van der Waals surface area contributed by atoms with E-state index in [4.69, 9.17) is 19.5 Å². The third-order valence-electron chi connectivity index (χ3n) is 7.55. The van der Waals surface area contributed by atoms with Gasteiger partial charge in [0.1, 0.15) is 11.4 Å². The van der Waals surface area contributed by atoms with Crippen LogP contribution in [0.15, 0.2) is 72.8 Å². The summed E-state index contributed by atoms with van der Waals surface area (Å²) >= 11 is 0. The number of anilines is 4. The van der Waals surface area contributed by atoms with E-state index in [1.54, 1.807) is 45.4 Å². The summed E-state index contributed by atoms with van der Waals surface area (Å²) in [6.45, 7) is 1.66. The molecule has 0 bridgehead atoms. The SMILES string of the molecule is CNc1nc(-c2cccc(NC(=O)c3ccc(C(=O)O)c(C)c3)c2)c2cc(OC)c3c(c2n1)Cc1ccccc1N3OC. The Morgan fingerprint density at radius 1 is 0.977 bits per heavy atom. The lowest BCUT2D eigenvalue weighted by Crippen LogP contribution is -2.23. The van der Waals surface area contributed by atoms with E-state index in [9.17, 15) is 14.7 Å². The molecule has 2 heterocycles. The molecule has 0 atom stereocenters. The number of fused-ring (bicyclic) bond motifs is 4. The molecule has 4 aromatic carbocycles. The molecule has 1 aliphatic heterocycles. The number of aryl methyl sites for hydroxylation is 1. The highest BCUT2D eigenvalue weighted by Gasteiger charge is 2.30. The Morgan fingerprint density at radius 3 is 2.51 bits per heavy atom. The van der Waals surface area contributed by atoms with E-state index in [1.807, 2.05) is 42.5 Å². The summed E-state index contributed by atoms with van der Waals surface area (Å²) in [6, 6.07) is 21.9. The fourth-order valence-corrected chi connectivity index (χ4v) is 5.53. The average Bonchev–Trinajstić information content (AvgIpc) is 3.02. The van der Waals surface area contributed by atoms with Crippen molar-refractivity contribution in [2.45, 2.75) is 13.3 Å². The van der Waals surface area contributed by atoms with Crippen molar-refractivity contribution < 1.29 is 24.3 Å². The van der Waals surface area contributed by atoms with Crippen molar-refractivity contribution in [2.24, 2.45) is 0 Å². The molecule has 1 aliphatic rings. The van der Waals surface area contributed by atoms with Gasteiger partial charge in [0.05, 0.1) is 36.7 Å². The number of aromatic nitrogens is 2. The lowest BCUT2D eigenvalue weighted by atomic mass is 9.92. The molecule has 43 heavy (non-hydrogen) atoms. The van der Waals surface area contributed by atoms with Gasteiger partial charge >= 0.3 is 5.97 Å². The zero-order valence-electron chi connectivity index (χ0n) is 24.1. The number of nitrogens with one attached hydrogen (secondary N) is 2. The van der Waals surface area contributed by atoms with Crippen molar-refractivity contribution >= 4 is 45.8 Å². The highest BCUT2D eigenvalue weighted by molar-refractivity contribution is 6.06. The predicted molar refractivity (Wildman–Crippen MR) is 166 cm³/mol. The molecule has 0 radical (unpaired) electrons. The van der Waals surface area contributed by atoms with Gasteiger partial charge in [0.15, 0.2) is 0 Å². The first-order valence-electron chi connectivity index (χ1n) is 13.6. The summed E-state index contributed by atoms with van der Waals surface area (Å²) in [5, 5.41) is 17.9. The summed E-state index contributed by atoms with van der Waals surface area (Å²) < 4.78 is 5.89. The van der Waals surface area contributed by atoms with Crippen LogP contribution in [0, 0.1) is 6.92 Å². The van der Waals surface area contributed by atoms with Gasteiger partial charge in [-0.1, -0.05) is 30.3 Å². The number of carbonyl (C=O) groups is 2. The molecule has 10 nitrogen and oxygen atoms in total. The van der Waals surface area contributed by atoms with E-state index in [0.717, 1.165) is 39.0 Å². The fraction of sp³-hybridized carbons (Fsp3) is 0.152. The van der Waals surface area contributed by atoms with E-state index >= 15 is 0 Å². The fourth-order valence-electron chi connectivity index (χ4n) is 5.53. The second-order valence-corrected chi connectivity index (χ2v) is 10.1. The van der Waals surface area contributed by atoms with Crippen LogP contribution >= 0.6 is 0 Å². The highest BCUT2D eigenvalue weighted by Crippen LogP contribution is 2.48. The molecule has 0 unspecified atom stereocenters. The first kappa shape index (κ1) is 27.7. The second-order valence-electron chi connectivity index (χ2n) is 10.1. The van der Waals surface area contributed by atoms with Crippen LogP contribution in [-0.2, 0) is 11.3 Å².